The average Bonchev–Trinajstić information content (AvgIpc) is 1.59. The Hall–Kier alpha value is -0.900. The SMILES string of the molecule is Oc1cc(F)nc(Cl)n1. The fourth-order valence-corrected chi connectivity index (χ4v) is 0.546. The minimum Gasteiger partial charge on any atom is -0.493 e. The third kappa shape index (κ3) is 1.50. The molecular formula is C4H2ClFN2O. The van der Waals surface area contributed by atoms with E-state index in [2.05, 4.69) is 9.97 Å². The van der Waals surface area contributed by atoms with Gasteiger partial charge in [-0.1, -0.05) is 0 Å². The number of nitrogens with zero attached hydrogens (tertiary/aromatic N) is 2. The second-order valence-electron chi connectivity index (χ2n) is 1.32. The molecule has 0 aliphatic rings. The molecule has 9 heavy (non-hydrogen) atoms. The van der Waals surface area contributed by atoms with Crippen LogP contribution in [0.2, 0.25) is 5.28 Å². The van der Waals surface area contributed by atoms with Gasteiger partial charge in [0.1, 0.15) is 0 Å². The van der Waals surface area contributed by atoms with Crippen molar-refractivity contribution in [3.63, 3.8) is 0 Å². The van der Waals surface area contributed by atoms with Gasteiger partial charge in [-0.25, -0.2) is 0 Å². The Kier molecular flexibility index (Phi) is 1.48. The quantitative estimate of drug-likeness (QED) is 0.441. The lowest BCUT2D eigenvalue weighted by molar-refractivity contribution is 0.441. The van der Waals surface area contributed by atoms with Crippen LogP contribution in [0.5, 0.6) is 5.88 Å². The summed E-state index contributed by atoms with van der Waals surface area (Å²) in [7, 11) is 0. The highest BCUT2D eigenvalue weighted by Gasteiger charge is 1.97. The van der Waals surface area contributed by atoms with Gasteiger partial charge in [0, 0.05) is 0 Å². The standard InChI is InChI=1S/C4H2ClFN2O/c5-4-7-2(6)1-3(9)8-4/h1H,(H,7,8,9). The van der Waals surface area contributed by atoms with Gasteiger partial charge in [0.05, 0.1) is 6.07 Å². The maximum absolute atomic E-state index is 12.0. The van der Waals surface area contributed by atoms with Crippen LogP contribution >= 0.6 is 11.6 Å². The van der Waals surface area contributed by atoms with Crippen molar-refractivity contribution in [1.82, 2.24) is 9.97 Å². The average molecular weight is 149 g/mol. The molecule has 0 bridgehead atoms. The van der Waals surface area contributed by atoms with E-state index in [1.165, 1.54) is 0 Å². The zero-order valence-electron chi connectivity index (χ0n) is 4.17. The molecule has 0 fully saturated rings. The van der Waals surface area contributed by atoms with Crippen molar-refractivity contribution in [3.8, 4) is 5.88 Å². The molecule has 0 spiro atoms. The number of hydrogen-bond acceptors (Lipinski definition) is 3. The number of aromatic hydroxyl groups is 1. The molecule has 0 aliphatic carbocycles. The topological polar surface area (TPSA) is 46.0 Å². The van der Waals surface area contributed by atoms with Crippen LogP contribution in [0.4, 0.5) is 4.39 Å². The van der Waals surface area contributed by atoms with Crippen molar-refractivity contribution >= 4 is 11.6 Å². The fraction of sp³-hybridized carbons (Fsp3) is 0. The molecule has 1 rings (SSSR count). The summed E-state index contributed by atoms with van der Waals surface area (Å²) < 4.78 is 12.0. The Morgan fingerprint density at radius 3 is 2.67 bits per heavy atom. The summed E-state index contributed by atoms with van der Waals surface area (Å²) in [5, 5.41) is 8.22. The van der Waals surface area contributed by atoms with Crippen LogP contribution < -0.4 is 0 Å². The Labute approximate surface area is 55.1 Å². The molecule has 0 unspecified atom stereocenters. The van der Waals surface area contributed by atoms with Crippen molar-refractivity contribution in [2.75, 3.05) is 0 Å². The molecule has 1 N–H and O–H groups in total. The van der Waals surface area contributed by atoms with Gasteiger partial charge in [-0.2, -0.15) is 14.4 Å². The predicted octanol–water partition coefficient (Wildman–Crippen LogP) is 0.975. The Balaban J connectivity index is 3.17. The molecule has 0 radical (unpaired) electrons. The number of rotatable bonds is 0. The van der Waals surface area contributed by atoms with E-state index in [1.54, 1.807) is 0 Å². The highest BCUT2D eigenvalue weighted by molar-refractivity contribution is 6.28. The first-order chi connectivity index (χ1) is 4.18. The Morgan fingerprint density at radius 2 is 2.22 bits per heavy atom. The van der Waals surface area contributed by atoms with Crippen molar-refractivity contribution < 1.29 is 9.50 Å². The van der Waals surface area contributed by atoms with E-state index >= 15 is 0 Å². The van der Waals surface area contributed by atoms with Gasteiger partial charge in [0.25, 0.3) is 0 Å². The summed E-state index contributed by atoms with van der Waals surface area (Å²) in [5.74, 6) is -1.31. The minimum absolute atomic E-state index is 0.299. The normalized spacial score (nSPS) is 9.56. The van der Waals surface area contributed by atoms with Crippen LogP contribution in [0.3, 0.4) is 0 Å². The first-order valence-electron chi connectivity index (χ1n) is 2.07. The van der Waals surface area contributed by atoms with E-state index in [-0.39, 0.29) is 5.28 Å². The summed E-state index contributed by atoms with van der Waals surface area (Å²) in [6.45, 7) is 0. The second-order valence-corrected chi connectivity index (χ2v) is 1.66. The van der Waals surface area contributed by atoms with Crippen LogP contribution in [0.15, 0.2) is 6.07 Å². The van der Waals surface area contributed by atoms with Crippen molar-refractivity contribution in [1.29, 1.82) is 0 Å². The molecule has 0 atom stereocenters. The molecule has 1 aromatic rings. The monoisotopic (exact) mass is 148 g/mol. The van der Waals surface area contributed by atoms with Gasteiger partial charge in [0.2, 0.25) is 17.1 Å². The summed E-state index contributed by atoms with van der Waals surface area (Å²) in [5.41, 5.74) is 0. The van der Waals surface area contributed by atoms with Crippen molar-refractivity contribution in [2.45, 2.75) is 0 Å². The predicted molar refractivity (Wildman–Crippen MR) is 28.7 cm³/mol. The first kappa shape index (κ1) is 6.22. The molecule has 0 saturated carbocycles. The zero-order chi connectivity index (χ0) is 6.85. The van der Waals surface area contributed by atoms with Gasteiger partial charge in [-0.15, -0.1) is 0 Å². The largest absolute Gasteiger partial charge is 0.493 e. The van der Waals surface area contributed by atoms with E-state index in [1.807, 2.05) is 0 Å². The van der Waals surface area contributed by atoms with Crippen LogP contribution in [0.1, 0.15) is 0 Å². The number of halogens is 2. The lowest BCUT2D eigenvalue weighted by atomic mass is 10.6. The van der Waals surface area contributed by atoms with Gasteiger partial charge >= 0.3 is 0 Å². The Bertz CT molecular complexity index is 179. The fourth-order valence-electron chi connectivity index (χ4n) is 0.379. The summed E-state index contributed by atoms with van der Waals surface area (Å²) >= 11 is 5.13. The second kappa shape index (κ2) is 2.14. The van der Waals surface area contributed by atoms with E-state index in [0.29, 0.717) is 0 Å². The maximum Gasteiger partial charge on any atom is 0.228 e. The van der Waals surface area contributed by atoms with Gasteiger partial charge in [0.15, 0.2) is 0 Å². The number of hydrogen-bond donors (Lipinski definition) is 1. The third-order valence-corrected chi connectivity index (χ3v) is 0.823. The van der Waals surface area contributed by atoms with E-state index in [0.717, 1.165) is 6.07 Å². The van der Waals surface area contributed by atoms with Gasteiger partial charge < -0.3 is 5.11 Å². The lowest BCUT2D eigenvalue weighted by Crippen LogP contribution is -1.85. The highest BCUT2D eigenvalue weighted by atomic mass is 35.5. The maximum atomic E-state index is 12.0. The van der Waals surface area contributed by atoms with E-state index < -0.39 is 11.8 Å². The third-order valence-electron chi connectivity index (χ3n) is 0.654. The lowest BCUT2D eigenvalue weighted by Gasteiger charge is -1.89. The van der Waals surface area contributed by atoms with E-state index in [4.69, 9.17) is 16.7 Å². The summed E-state index contributed by atoms with van der Waals surface area (Å²) in [6.07, 6.45) is 0. The number of aromatic nitrogens is 2. The summed E-state index contributed by atoms with van der Waals surface area (Å²) in [4.78, 5) is 6.27. The smallest absolute Gasteiger partial charge is 0.228 e. The molecular weight excluding hydrogens is 147 g/mol. The van der Waals surface area contributed by atoms with Gasteiger partial charge in [-0.3, -0.25) is 0 Å². The zero-order valence-corrected chi connectivity index (χ0v) is 4.93. The highest BCUT2D eigenvalue weighted by Crippen LogP contribution is 2.08. The first-order valence-corrected chi connectivity index (χ1v) is 2.45. The molecule has 1 heterocycles. The molecule has 0 aliphatic heterocycles. The molecule has 1 aromatic heterocycles. The molecule has 0 aromatic carbocycles. The minimum atomic E-state index is -0.840. The van der Waals surface area contributed by atoms with Crippen molar-refractivity contribution in [2.24, 2.45) is 0 Å². The van der Waals surface area contributed by atoms with Crippen molar-refractivity contribution in [3.05, 3.63) is 17.3 Å². The van der Waals surface area contributed by atoms with Gasteiger partial charge in [-0.05, 0) is 11.6 Å². The molecule has 0 saturated heterocycles. The molecule has 48 valence electrons. The summed E-state index contributed by atoms with van der Waals surface area (Å²) in [6, 6.07) is 0.770. The molecule has 5 heteroatoms. The van der Waals surface area contributed by atoms with Crippen LogP contribution in [-0.4, -0.2) is 15.1 Å². The van der Waals surface area contributed by atoms with Crippen LogP contribution in [-0.2, 0) is 0 Å². The van der Waals surface area contributed by atoms with E-state index in [9.17, 15) is 4.39 Å². The van der Waals surface area contributed by atoms with Crippen LogP contribution in [0.25, 0.3) is 0 Å². The molecule has 0 amide bonds. The van der Waals surface area contributed by atoms with Crippen LogP contribution in [0, 0.1) is 5.95 Å². The molecule has 3 nitrogen and oxygen atoms in total. The Morgan fingerprint density at radius 1 is 1.56 bits per heavy atom.